The predicted octanol–water partition coefficient (Wildman–Crippen LogP) is 4.03. The van der Waals surface area contributed by atoms with Gasteiger partial charge in [0.05, 0.1) is 17.5 Å². The van der Waals surface area contributed by atoms with Crippen molar-refractivity contribution in [2.75, 3.05) is 16.8 Å². The molecule has 0 atom stereocenters. The Morgan fingerprint density at radius 2 is 1.75 bits per heavy atom. The Bertz CT molecular complexity index is 1300. The van der Waals surface area contributed by atoms with E-state index in [4.69, 9.17) is 0 Å². The maximum absolute atomic E-state index is 13.0. The molecule has 7 heteroatoms. The number of aromatic nitrogens is 3. The number of hydrogen-bond acceptors (Lipinski definition) is 4. The molecule has 2 aromatic carbocycles. The average molecular weight is 423 g/mol. The maximum atomic E-state index is 13.0. The minimum Gasteiger partial charge on any atom is -0.322 e. The number of nitrogens with zero attached hydrogens (tertiary/aromatic N) is 4. The lowest BCUT2D eigenvalue weighted by Crippen LogP contribution is -2.28. The third-order valence-corrected chi connectivity index (χ3v) is 5.64. The van der Waals surface area contributed by atoms with Crippen LogP contribution < -0.4 is 10.2 Å². The van der Waals surface area contributed by atoms with Gasteiger partial charge in [0.15, 0.2) is 5.82 Å². The molecule has 0 saturated heterocycles. The molecule has 0 radical (unpaired) electrons. The van der Waals surface area contributed by atoms with Crippen LogP contribution in [-0.2, 0) is 6.42 Å². The fourth-order valence-electron chi connectivity index (χ4n) is 3.94. The Labute approximate surface area is 185 Å². The summed E-state index contributed by atoms with van der Waals surface area (Å²) in [6.07, 6.45) is 4.07. The van der Waals surface area contributed by atoms with Gasteiger partial charge in [0.2, 0.25) is 0 Å². The second-order valence-corrected chi connectivity index (χ2v) is 7.61. The number of nitrogens with one attached hydrogen (secondary N) is 1. The number of benzene rings is 2. The topological polar surface area (TPSA) is 80.1 Å². The molecule has 158 valence electrons. The Balaban J connectivity index is 1.30. The van der Waals surface area contributed by atoms with E-state index in [9.17, 15) is 9.59 Å². The van der Waals surface area contributed by atoms with Crippen LogP contribution >= 0.6 is 0 Å². The summed E-state index contributed by atoms with van der Waals surface area (Å²) in [4.78, 5) is 31.8. The fraction of sp³-hybridized carbons (Fsp3) is 0.120. The van der Waals surface area contributed by atoms with Crippen LogP contribution in [0.3, 0.4) is 0 Å². The van der Waals surface area contributed by atoms with Crippen LogP contribution in [0.5, 0.6) is 0 Å². The zero-order chi connectivity index (χ0) is 22.1. The van der Waals surface area contributed by atoms with Crippen LogP contribution in [0.4, 0.5) is 11.4 Å². The van der Waals surface area contributed by atoms with E-state index in [1.807, 2.05) is 43.3 Å². The standard InChI is InChI=1S/C25H21N5O2/c1-17-21(16-27-30(17)23-8-4-5-14-26-23)24(31)28-20-11-9-19(10-12-20)25(32)29-15-13-18-6-2-3-7-22(18)29/h2-12,14,16H,13,15H2,1H3,(H,28,31). The van der Waals surface area contributed by atoms with Gasteiger partial charge in [-0.2, -0.15) is 5.10 Å². The van der Waals surface area contributed by atoms with E-state index in [0.29, 0.717) is 34.9 Å². The van der Waals surface area contributed by atoms with Gasteiger partial charge in [-0.05, 0) is 61.4 Å². The molecule has 0 fully saturated rings. The molecule has 0 spiro atoms. The zero-order valence-corrected chi connectivity index (χ0v) is 17.5. The van der Waals surface area contributed by atoms with Crippen molar-refractivity contribution in [1.82, 2.24) is 14.8 Å². The molecule has 2 amide bonds. The van der Waals surface area contributed by atoms with Crippen LogP contribution in [0.1, 0.15) is 32.0 Å². The van der Waals surface area contributed by atoms with E-state index in [1.165, 1.54) is 11.8 Å². The summed E-state index contributed by atoms with van der Waals surface area (Å²) in [5.41, 5.74) is 4.50. The monoisotopic (exact) mass is 423 g/mol. The lowest BCUT2D eigenvalue weighted by molar-refractivity contribution is 0.0988. The minimum atomic E-state index is -0.266. The number of para-hydroxylation sites is 1. The second-order valence-electron chi connectivity index (χ2n) is 7.61. The van der Waals surface area contributed by atoms with Gasteiger partial charge in [0.1, 0.15) is 0 Å². The number of carbonyl (C=O) groups excluding carboxylic acids is 2. The molecule has 4 aromatic rings. The molecule has 0 unspecified atom stereocenters. The number of amides is 2. The molecule has 1 aliphatic rings. The van der Waals surface area contributed by atoms with Crippen LogP contribution in [0.2, 0.25) is 0 Å². The van der Waals surface area contributed by atoms with E-state index in [0.717, 1.165) is 12.1 Å². The highest BCUT2D eigenvalue weighted by Crippen LogP contribution is 2.29. The smallest absolute Gasteiger partial charge is 0.259 e. The average Bonchev–Trinajstić information content (AvgIpc) is 3.43. The van der Waals surface area contributed by atoms with E-state index >= 15 is 0 Å². The number of carbonyl (C=O) groups is 2. The summed E-state index contributed by atoms with van der Waals surface area (Å²) >= 11 is 0. The molecule has 2 aromatic heterocycles. The van der Waals surface area contributed by atoms with Crippen LogP contribution in [0, 0.1) is 6.92 Å². The summed E-state index contributed by atoms with van der Waals surface area (Å²) in [6.45, 7) is 2.50. The lowest BCUT2D eigenvalue weighted by Gasteiger charge is -2.17. The van der Waals surface area contributed by atoms with Gasteiger partial charge in [0.25, 0.3) is 11.8 Å². The van der Waals surface area contributed by atoms with E-state index in [1.54, 1.807) is 40.0 Å². The number of rotatable bonds is 4. The fourth-order valence-corrected chi connectivity index (χ4v) is 3.94. The third kappa shape index (κ3) is 3.54. The van der Waals surface area contributed by atoms with Crippen molar-refractivity contribution in [1.29, 1.82) is 0 Å². The highest BCUT2D eigenvalue weighted by Gasteiger charge is 2.25. The van der Waals surface area contributed by atoms with E-state index < -0.39 is 0 Å². The number of anilines is 2. The van der Waals surface area contributed by atoms with Gasteiger partial charge in [0, 0.05) is 29.7 Å². The zero-order valence-electron chi connectivity index (χ0n) is 17.5. The molecule has 0 aliphatic carbocycles. The van der Waals surface area contributed by atoms with Crippen molar-refractivity contribution in [3.63, 3.8) is 0 Å². The largest absolute Gasteiger partial charge is 0.322 e. The number of pyridine rings is 1. The quantitative estimate of drug-likeness (QED) is 0.537. The summed E-state index contributed by atoms with van der Waals surface area (Å²) in [5.74, 6) is 0.341. The molecular weight excluding hydrogens is 402 g/mol. The molecule has 0 bridgehead atoms. The van der Waals surface area contributed by atoms with Crippen LogP contribution in [0.25, 0.3) is 5.82 Å². The van der Waals surface area contributed by atoms with E-state index in [-0.39, 0.29) is 11.8 Å². The highest BCUT2D eigenvalue weighted by molar-refractivity contribution is 6.08. The van der Waals surface area contributed by atoms with Gasteiger partial charge >= 0.3 is 0 Å². The molecule has 3 heterocycles. The van der Waals surface area contributed by atoms with Crippen molar-refractivity contribution in [2.24, 2.45) is 0 Å². The molecule has 1 N–H and O–H groups in total. The maximum Gasteiger partial charge on any atom is 0.259 e. The summed E-state index contributed by atoms with van der Waals surface area (Å²) < 4.78 is 1.63. The Hall–Kier alpha value is -4.26. The predicted molar refractivity (Wildman–Crippen MR) is 122 cm³/mol. The lowest BCUT2D eigenvalue weighted by atomic mass is 10.1. The van der Waals surface area contributed by atoms with Crippen molar-refractivity contribution in [2.45, 2.75) is 13.3 Å². The van der Waals surface area contributed by atoms with Crippen molar-refractivity contribution < 1.29 is 9.59 Å². The van der Waals surface area contributed by atoms with Gasteiger partial charge in [-0.3, -0.25) is 9.59 Å². The van der Waals surface area contributed by atoms with Gasteiger partial charge in [-0.15, -0.1) is 0 Å². The highest BCUT2D eigenvalue weighted by atomic mass is 16.2. The Morgan fingerprint density at radius 3 is 2.53 bits per heavy atom. The number of fused-ring (bicyclic) bond motifs is 1. The molecular formula is C25H21N5O2. The summed E-state index contributed by atoms with van der Waals surface area (Å²) in [7, 11) is 0. The Kier molecular flexibility index (Phi) is 4.99. The second kappa shape index (κ2) is 8.11. The van der Waals surface area contributed by atoms with Gasteiger partial charge in [-0.25, -0.2) is 9.67 Å². The Morgan fingerprint density at radius 1 is 0.969 bits per heavy atom. The van der Waals surface area contributed by atoms with Crippen molar-refractivity contribution in [3.05, 3.63) is 102 Å². The summed E-state index contributed by atoms with van der Waals surface area (Å²) in [6, 6.07) is 20.5. The normalized spacial score (nSPS) is 12.5. The van der Waals surface area contributed by atoms with E-state index in [2.05, 4.69) is 21.5 Å². The number of hydrogen-bond donors (Lipinski definition) is 1. The third-order valence-electron chi connectivity index (χ3n) is 5.64. The van der Waals surface area contributed by atoms with Crippen molar-refractivity contribution in [3.8, 4) is 5.82 Å². The van der Waals surface area contributed by atoms with Crippen LogP contribution in [0.15, 0.2) is 79.1 Å². The molecule has 1 aliphatic heterocycles. The summed E-state index contributed by atoms with van der Waals surface area (Å²) in [5, 5.41) is 7.17. The van der Waals surface area contributed by atoms with Crippen LogP contribution in [-0.4, -0.2) is 33.1 Å². The van der Waals surface area contributed by atoms with Gasteiger partial charge in [-0.1, -0.05) is 24.3 Å². The first kappa shape index (κ1) is 19.7. The minimum absolute atomic E-state index is 0.0414. The molecule has 32 heavy (non-hydrogen) atoms. The molecule has 0 saturated carbocycles. The first-order chi connectivity index (χ1) is 15.6. The molecule has 7 nitrogen and oxygen atoms in total. The molecule has 5 rings (SSSR count). The SMILES string of the molecule is Cc1c(C(=O)Nc2ccc(C(=O)N3CCc4ccccc43)cc2)cnn1-c1ccccn1. The van der Waals surface area contributed by atoms with Crippen molar-refractivity contribution >= 4 is 23.2 Å². The van der Waals surface area contributed by atoms with Gasteiger partial charge < -0.3 is 10.2 Å². The first-order valence-electron chi connectivity index (χ1n) is 10.4. The first-order valence-corrected chi connectivity index (χ1v) is 10.4.